The summed E-state index contributed by atoms with van der Waals surface area (Å²) in [5, 5.41) is 56.3. The molecule has 1 amide bonds. The summed E-state index contributed by atoms with van der Waals surface area (Å²) in [6, 6.07) is -4.43. The van der Waals surface area contributed by atoms with Gasteiger partial charge in [0.2, 0.25) is 5.91 Å². The molecule has 0 saturated heterocycles. The van der Waals surface area contributed by atoms with E-state index in [1.165, 1.54) is 6.92 Å². The van der Waals surface area contributed by atoms with Crippen molar-refractivity contribution in [3.63, 3.8) is 0 Å². The third-order valence-electron chi connectivity index (χ3n) is 4.58. The molecule has 23 nitrogen and oxygen atoms in total. The normalized spacial score (nSPS) is 12.5. The lowest BCUT2D eigenvalue weighted by molar-refractivity contribution is -0.144. The second-order valence-electron chi connectivity index (χ2n) is 9.55. The molecule has 0 aliphatic heterocycles. The second kappa shape index (κ2) is 35.3. The monoisotopic (exact) mass is 706 g/mol. The summed E-state index contributed by atoms with van der Waals surface area (Å²) >= 11 is 0. The van der Waals surface area contributed by atoms with Crippen LogP contribution in [0.1, 0.15) is 59.3 Å². The molecule has 48 heavy (non-hydrogen) atoms. The van der Waals surface area contributed by atoms with Crippen LogP contribution in [0.3, 0.4) is 0 Å². The van der Waals surface area contributed by atoms with Crippen LogP contribution in [-0.4, -0.2) is 127 Å². The summed E-state index contributed by atoms with van der Waals surface area (Å²) in [4.78, 5) is 78.7. The summed E-state index contributed by atoms with van der Waals surface area (Å²) in [6.07, 6.45) is 1.75. The fourth-order valence-corrected chi connectivity index (χ4v) is 1.61. The second-order valence-corrected chi connectivity index (χ2v) is 9.55. The van der Waals surface area contributed by atoms with E-state index in [0.717, 1.165) is 12.8 Å². The Morgan fingerprint density at radius 3 is 1.06 bits per heavy atom. The van der Waals surface area contributed by atoms with E-state index in [-0.39, 0.29) is 25.3 Å². The van der Waals surface area contributed by atoms with Gasteiger partial charge in [-0.05, 0) is 38.6 Å². The van der Waals surface area contributed by atoms with Crippen LogP contribution < -0.4 is 45.9 Å². The van der Waals surface area contributed by atoms with Gasteiger partial charge in [-0.25, -0.2) is 0 Å². The third kappa shape index (κ3) is 54.0. The Labute approximate surface area is 276 Å². The maximum absolute atomic E-state index is 10.1. The average Bonchev–Trinajstić information content (AvgIpc) is 2.96. The van der Waals surface area contributed by atoms with Crippen LogP contribution in [0.5, 0.6) is 0 Å². The van der Waals surface area contributed by atoms with Crippen LogP contribution in [0.2, 0.25) is 0 Å². The summed E-state index contributed by atoms with van der Waals surface area (Å²) < 4.78 is 0. The van der Waals surface area contributed by atoms with Gasteiger partial charge in [0.1, 0.15) is 30.2 Å². The number of carboxylic acid groups (broad SMARTS) is 7. The Bertz CT molecular complexity index is 952. The molecule has 0 radical (unpaired) electrons. The topological polar surface area (TPSA) is 486 Å². The van der Waals surface area contributed by atoms with Crippen molar-refractivity contribution in [2.24, 2.45) is 51.8 Å². The Morgan fingerprint density at radius 1 is 0.542 bits per heavy atom. The number of hydrogen-bond acceptors (Lipinski definition) is 15. The van der Waals surface area contributed by atoms with E-state index in [4.69, 9.17) is 75.9 Å². The zero-order valence-corrected chi connectivity index (χ0v) is 27.1. The molecule has 0 saturated carbocycles. The van der Waals surface area contributed by atoms with Crippen molar-refractivity contribution in [1.82, 2.24) is 0 Å². The summed E-state index contributed by atoms with van der Waals surface area (Å²) in [6.45, 7) is 5.30. The number of carbonyl (C=O) groups is 8. The van der Waals surface area contributed by atoms with E-state index in [9.17, 15) is 38.4 Å². The van der Waals surface area contributed by atoms with E-state index in [1.807, 2.05) is 0 Å². The van der Waals surface area contributed by atoms with Gasteiger partial charge in [-0.2, -0.15) is 0 Å². The van der Waals surface area contributed by atoms with Gasteiger partial charge in [0.05, 0.1) is 13.0 Å². The van der Waals surface area contributed by atoms with Crippen molar-refractivity contribution in [2.45, 2.75) is 89.5 Å². The minimum atomic E-state index is -1.29. The van der Waals surface area contributed by atoms with Crippen molar-refractivity contribution in [1.29, 1.82) is 0 Å². The molecule has 0 spiro atoms. The molecule has 5 atom stereocenters. The van der Waals surface area contributed by atoms with Crippen LogP contribution in [-0.2, 0) is 38.4 Å². The Hall–Kier alpha value is -4.52. The molecule has 0 aliphatic carbocycles. The first-order chi connectivity index (χ1) is 21.7. The molecule has 0 rings (SSSR count). The highest BCUT2D eigenvalue weighted by molar-refractivity contribution is 5.80. The number of nitrogens with two attached hydrogens (primary N) is 8. The standard InChI is InChI=1S/C6H14N2O2.C5H10N2O3.C5H11NO2.C4H7NO4.C3H7NO2.C2H5NO2/c7-4-2-1-3-5(8)6(9)10;6-3(5(9)10)1-2-4(7)8;1-3(2)4(6)5(7)8;5-2(4(8)9)1-3(6)7;1-2(4)3(5)6;3-1-2(4)5/h5H,1-4,7-8H2,(H,9,10);3H,1-2,6H2,(H2,7,8)(H,9,10);3-4H,6H2,1-2H3,(H,7,8);2H,1,5H2,(H,6,7)(H,8,9);2H,4H2,1H3,(H,5,6);1,3H2,(H,4,5)/t5-;3-;4-;2*2-;/m00000./s1. The number of amides is 1. The number of carboxylic acids is 7. The fourth-order valence-electron chi connectivity index (χ4n) is 1.61. The lowest BCUT2D eigenvalue weighted by Crippen LogP contribution is -2.34. The van der Waals surface area contributed by atoms with Gasteiger partial charge in [0.25, 0.3) is 0 Å². The predicted molar refractivity (Wildman–Crippen MR) is 169 cm³/mol. The van der Waals surface area contributed by atoms with Crippen molar-refractivity contribution >= 4 is 47.7 Å². The van der Waals surface area contributed by atoms with Crippen molar-refractivity contribution in [3.8, 4) is 0 Å². The van der Waals surface area contributed by atoms with Crippen molar-refractivity contribution in [3.05, 3.63) is 0 Å². The lowest BCUT2D eigenvalue weighted by atomic mass is 10.1. The fraction of sp³-hybridized carbons (Fsp3) is 0.680. The highest BCUT2D eigenvalue weighted by Gasteiger charge is 2.15. The van der Waals surface area contributed by atoms with Crippen LogP contribution in [0.25, 0.3) is 0 Å². The molecule has 0 heterocycles. The van der Waals surface area contributed by atoms with Gasteiger partial charge in [0.15, 0.2) is 0 Å². The molecule has 23 N–H and O–H groups in total. The van der Waals surface area contributed by atoms with Crippen LogP contribution in [0.15, 0.2) is 0 Å². The lowest BCUT2D eigenvalue weighted by Gasteiger charge is -2.07. The molecule has 0 fully saturated rings. The molecule has 0 bridgehead atoms. The van der Waals surface area contributed by atoms with Gasteiger partial charge < -0.3 is 81.6 Å². The zero-order chi connectivity index (χ0) is 39.7. The van der Waals surface area contributed by atoms with Crippen molar-refractivity contribution < 1.29 is 74.1 Å². The summed E-state index contributed by atoms with van der Waals surface area (Å²) in [5.41, 5.74) is 39.6. The van der Waals surface area contributed by atoms with Gasteiger partial charge in [-0.15, -0.1) is 0 Å². The first-order valence-electron chi connectivity index (χ1n) is 13.8. The summed E-state index contributed by atoms with van der Waals surface area (Å²) in [7, 11) is 0. The first-order valence-corrected chi connectivity index (χ1v) is 13.8. The minimum absolute atomic E-state index is 0.0208. The molecular formula is C25H54N8O15. The highest BCUT2D eigenvalue weighted by Crippen LogP contribution is 1.97. The van der Waals surface area contributed by atoms with E-state index >= 15 is 0 Å². The number of unbranched alkanes of at least 4 members (excludes halogenated alkanes) is 1. The Morgan fingerprint density at radius 2 is 0.896 bits per heavy atom. The molecule has 0 aromatic heterocycles. The molecular weight excluding hydrogens is 652 g/mol. The van der Waals surface area contributed by atoms with Crippen LogP contribution in [0, 0.1) is 5.92 Å². The third-order valence-corrected chi connectivity index (χ3v) is 4.58. The highest BCUT2D eigenvalue weighted by atomic mass is 16.4. The number of carbonyl (C=O) groups excluding carboxylic acids is 1. The summed E-state index contributed by atoms with van der Waals surface area (Å²) in [5.74, 6) is -7.91. The van der Waals surface area contributed by atoms with Crippen LogP contribution >= 0.6 is 0 Å². The van der Waals surface area contributed by atoms with E-state index < -0.39 is 84.3 Å². The number of primary amides is 1. The van der Waals surface area contributed by atoms with Crippen LogP contribution in [0.4, 0.5) is 0 Å². The van der Waals surface area contributed by atoms with Gasteiger partial charge in [-0.1, -0.05) is 20.3 Å². The quantitative estimate of drug-likeness (QED) is 0.0673. The van der Waals surface area contributed by atoms with E-state index in [1.54, 1.807) is 13.8 Å². The maximum Gasteiger partial charge on any atom is 0.321 e. The Kier molecular flexibility index (Phi) is 41.1. The number of aliphatic carboxylic acids is 7. The first kappa shape index (κ1) is 55.9. The molecule has 23 heteroatoms. The van der Waals surface area contributed by atoms with E-state index in [0.29, 0.717) is 13.0 Å². The molecule has 0 aliphatic rings. The molecule has 0 aromatic rings. The zero-order valence-electron chi connectivity index (χ0n) is 27.1. The molecule has 0 unspecified atom stereocenters. The predicted octanol–water partition coefficient (Wildman–Crippen LogP) is -4.43. The smallest absolute Gasteiger partial charge is 0.321 e. The maximum atomic E-state index is 10.1. The van der Waals surface area contributed by atoms with E-state index in [2.05, 4.69) is 5.73 Å². The number of rotatable bonds is 16. The van der Waals surface area contributed by atoms with Crippen molar-refractivity contribution in [2.75, 3.05) is 13.1 Å². The SMILES string of the molecule is CC(C)[C@H](N)C(=O)O.C[C@H](N)C(=O)O.NC(=O)CC[C@H](N)C(=O)O.NCC(=O)O.NCCCC[C@H](N)C(=O)O.N[C@@H](CC(=O)O)C(=O)O. The molecule has 0 aromatic carbocycles. The minimum Gasteiger partial charge on any atom is -0.481 e. The van der Waals surface area contributed by atoms with Gasteiger partial charge >= 0.3 is 41.8 Å². The average molecular weight is 707 g/mol. The molecule has 284 valence electrons. The largest absolute Gasteiger partial charge is 0.481 e. The van der Waals surface area contributed by atoms with Gasteiger partial charge in [0, 0.05) is 6.42 Å². The van der Waals surface area contributed by atoms with Gasteiger partial charge in [-0.3, -0.25) is 38.4 Å². The Balaban J connectivity index is -0.000000112. The number of hydrogen-bond donors (Lipinski definition) is 15.